The summed E-state index contributed by atoms with van der Waals surface area (Å²) < 4.78 is 5.70. The molecule has 3 rings (SSSR count). The summed E-state index contributed by atoms with van der Waals surface area (Å²) in [5.41, 5.74) is 8.45. The highest BCUT2D eigenvalue weighted by Crippen LogP contribution is 2.24. The molecular formula is C15H12N2O. The van der Waals surface area contributed by atoms with E-state index in [1.807, 2.05) is 54.6 Å². The lowest BCUT2D eigenvalue weighted by atomic mass is 10.1. The van der Waals surface area contributed by atoms with Crippen molar-refractivity contribution in [1.82, 2.24) is 0 Å². The average molecular weight is 236 g/mol. The zero-order valence-corrected chi connectivity index (χ0v) is 9.71. The van der Waals surface area contributed by atoms with Gasteiger partial charge in [0, 0.05) is 0 Å². The highest BCUT2D eigenvalue weighted by Gasteiger charge is 2.10. The number of allylic oxidation sites excluding steroid dienone is 1. The number of aliphatic imine (C=N–C) groups is 1. The Kier molecular flexibility index (Phi) is 2.57. The number of para-hydroxylation sites is 1. The van der Waals surface area contributed by atoms with Gasteiger partial charge in [-0.05, 0) is 42.0 Å². The normalized spacial score (nSPS) is 15.3. The zero-order chi connectivity index (χ0) is 12.4. The van der Waals surface area contributed by atoms with Crippen LogP contribution in [0.2, 0.25) is 0 Å². The van der Waals surface area contributed by atoms with E-state index in [0.29, 0.717) is 5.70 Å². The van der Waals surface area contributed by atoms with E-state index in [9.17, 15) is 0 Å². The predicted octanol–water partition coefficient (Wildman–Crippen LogP) is 3.19. The molecule has 3 heteroatoms. The van der Waals surface area contributed by atoms with E-state index < -0.39 is 0 Å². The van der Waals surface area contributed by atoms with Gasteiger partial charge >= 0.3 is 0 Å². The van der Waals surface area contributed by atoms with Crippen LogP contribution < -0.4 is 10.5 Å². The Morgan fingerprint density at radius 3 is 2.11 bits per heavy atom. The second-order valence-electron chi connectivity index (χ2n) is 4.00. The molecule has 0 atom stereocenters. The number of nitrogens with two attached hydrogens (primary N) is 1. The Bertz CT molecular complexity index is 605. The number of hydrogen-bond donors (Lipinski definition) is 1. The molecule has 0 fully saturated rings. The van der Waals surface area contributed by atoms with Crippen LogP contribution in [0.4, 0.5) is 0 Å². The van der Waals surface area contributed by atoms with Crippen LogP contribution in [-0.4, -0.2) is 6.21 Å². The summed E-state index contributed by atoms with van der Waals surface area (Å²) in [7, 11) is 0. The third-order valence-corrected chi connectivity index (χ3v) is 2.68. The van der Waals surface area contributed by atoms with Crippen LogP contribution in [0.3, 0.4) is 0 Å². The van der Waals surface area contributed by atoms with Gasteiger partial charge in [-0.2, -0.15) is 0 Å². The summed E-state index contributed by atoms with van der Waals surface area (Å²) in [6.45, 7) is 0. The molecule has 2 aromatic carbocycles. The molecule has 1 heterocycles. The minimum absolute atomic E-state index is 0.710. The van der Waals surface area contributed by atoms with Crippen LogP contribution in [0.15, 0.2) is 65.3 Å². The van der Waals surface area contributed by atoms with E-state index in [4.69, 9.17) is 10.5 Å². The molecule has 0 radical (unpaired) electrons. The van der Waals surface area contributed by atoms with Crippen molar-refractivity contribution in [2.75, 3.05) is 0 Å². The first kappa shape index (κ1) is 10.6. The molecule has 0 spiro atoms. The molecule has 0 amide bonds. The van der Waals surface area contributed by atoms with Gasteiger partial charge in [0.2, 0.25) is 0 Å². The largest absolute Gasteiger partial charge is 0.457 e. The zero-order valence-electron chi connectivity index (χ0n) is 9.71. The van der Waals surface area contributed by atoms with E-state index in [2.05, 4.69) is 4.99 Å². The van der Waals surface area contributed by atoms with Crippen LogP contribution in [0.1, 0.15) is 5.56 Å². The molecule has 0 saturated carbocycles. The van der Waals surface area contributed by atoms with Gasteiger partial charge in [-0.1, -0.05) is 18.2 Å². The van der Waals surface area contributed by atoms with Crippen LogP contribution in [0.25, 0.3) is 5.70 Å². The monoisotopic (exact) mass is 236 g/mol. The Morgan fingerprint density at radius 2 is 1.50 bits per heavy atom. The van der Waals surface area contributed by atoms with Crippen molar-refractivity contribution >= 4 is 11.9 Å². The van der Waals surface area contributed by atoms with Gasteiger partial charge in [-0.25, -0.2) is 0 Å². The third kappa shape index (κ3) is 2.25. The molecule has 88 valence electrons. The Balaban J connectivity index is 1.77. The second kappa shape index (κ2) is 4.37. The standard InChI is InChI=1S/C15H12N2O/c16-15(14-10-17-14)11-6-8-13(9-7-11)18-12-4-2-1-3-5-12/h1-10H,16H2. The summed E-state index contributed by atoms with van der Waals surface area (Å²) in [6.07, 6.45) is 1.75. The number of nitrogens with zero attached hydrogens (tertiary/aromatic N) is 1. The van der Waals surface area contributed by atoms with Crippen molar-refractivity contribution in [1.29, 1.82) is 0 Å². The quantitative estimate of drug-likeness (QED) is 0.889. The third-order valence-electron chi connectivity index (χ3n) is 2.68. The molecule has 18 heavy (non-hydrogen) atoms. The highest BCUT2D eigenvalue weighted by atomic mass is 16.5. The molecule has 2 aromatic rings. The van der Waals surface area contributed by atoms with Crippen molar-refractivity contribution in [2.24, 2.45) is 10.7 Å². The molecular weight excluding hydrogens is 224 g/mol. The Hall–Kier alpha value is -2.55. The van der Waals surface area contributed by atoms with Crippen molar-refractivity contribution in [3.63, 3.8) is 0 Å². The van der Waals surface area contributed by atoms with Gasteiger partial charge < -0.3 is 10.5 Å². The summed E-state index contributed by atoms with van der Waals surface area (Å²) in [6, 6.07) is 17.3. The second-order valence-corrected chi connectivity index (χ2v) is 4.00. The fourth-order valence-corrected chi connectivity index (χ4v) is 1.65. The van der Waals surface area contributed by atoms with E-state index in [0.717, 1.165) is 22.8 Å². The topological polar surface area (TPSA) is 47.6 Å². The van der Waals surface area contributed by atoms with Gasteiger partial charge in [0.05, 0.1) is 11.9 Å². The molecule has 1 aliphatic rings. The summed E-state index contributed by atoms with van der Waals surface area (Å²) in [5.74, 6) is 1.61. The molecule has 1 aliphatic heterocycles. The SMILES string of the molecule is NC(=C1C=N1)c1ccc(Oc2ccccc2)cc1. The van der Waals surface area contributed by atoms with Crippen molar-refractivity contribution in [2.45, 2.75) is 0 Å². The predicted molar refractivity (Wildman–Crippen MR) is 72.6 cm³/mol. The Morgan fingerprint density at radius 1 is 0.889 bits per heavy atom. The van der Waals surface area contributed by atoms with Crippen LogP contribution in [-0.2, 0) is 0 Å². The number of ether oxygens (including phenoxy) is 1. The molecule has 2 N–H and O–H groups in total. The molecule has 0 aliphatic carbocycles. The minimum Gasteiger partial charge on any atom is -0.457 e. The average Bonchev–Trinajstić information content (AvgIpc) is 3.24. The van der Waals surface area contributed by atoms with E-state index in [1.54, 1.807) is 6.21 Å². The molecule has 0 unspecified atom stereocenters. The first-order valence-corrected chi connectivity index (χ1v) is 5.70. The van der Waals surface area contributed by atoms with E-state index >= 15 is 0 Å². The maximum absolute atomic E-state index is 5.92. The van der Waals surface area contributed by atoms with Gasteiger partial charge in [0.25, 0.3) is 0 Å². The maximum atomic E-state index is 5.92. The number of rotatable bonds is 3. The summed E-state index contributed by atoms with van der Waals surface area (Å²) >= 11 is 0. The number of benzene rings is 2. The first-order valence-electron chi connectivity index (χ1n) is 5.70. The van der Waals surface area contributed by atoms with Gasteiger partial charge in [-0.3, -0.25) is 4.99 Å². The lowest BCUT2D eigenvalue weighted by Gasteiger charge is -2.06. The van der Waals surface area contributed by atoms with Gasteiger partial charge in [0.15, 0.2) is 0 Å². The van der Waals surface area contributed by atoms with Crippen LogP contribution in [0.5, 0.6) is 11.5 Å². The lowest BCUT2D eigenvalue weighted by molar-refractivity contribution is 0.482. The fraction of sp³-hybridized carbons (Fsp3) is 0. The van der Waals surface area contributed by atoms with Crippen molar-refractivity contribution < 1.29 is 4.74 Å². The maximum Gasteiger partial charge on any atom is 0.127 e. The van der Waals surface area contributed by atoms with Crippen LogP contribution >= 0.6 is 0 Å². The molecule has 0 saturated heterocycles. The Labute approximate surface area is 105 Å². The minimum atomic E-state index is 0.710. The van der Waals surface area contributed by atoms with Gasteiger partial charge in [0.1, 0.15) is 17.2 Å². The summed E-state index contributed by atoms with van der Waals surface area (Å²) in [5, 5.41) is 0. The van der Waals surface area contributed by atoms with Crippen molar-refractivity contribution in [3.05, 3.63) is 65.9 Å². The summed E-state index contributed by atoms with van der Waals surface area (Å²) in [4.78, 5) is 3.97. The molecule has 0 bridgehead atoms. The highest BCUT2D eigenvalue weighted by molar-refractivity contribution is 6.01. The van der Waals surface area contributed by atoms with Crippen LogP contribution in [0, 0.1) is 0 Å². The molecule has 0 aromatic heterocycles. The molecule has 3 nitrogen and oxygen atoms in total. The smallest absolute Gasteiger partial charge is 0.127 e. The first-order chi connectivity index (χ1) is 8.83. The van der Waals surface area contributed by atoms with E-state index in [1.165, 1.54) is 0 Å². The number of hydrogen-bond acceptors (Lipinski definition) is 3. The van der Waals surface area contributed by atoms with Gasteiger partial charge in [-0.15, -0.1) is 0 Å². The lowest BCUT2D eigenvalue weighted by Crippen LogP contribution is -1.96. The van der Waals surface area contributed by atoms with Crippen molar-refractivity contribution in [3.8, 4) is 11.5 Å². The fourth-order valence-electron chi connectivity index (χ4n) is 1.65. The van der Waals surface area contributed by atoms with E-state index in [-0.39, 0.29) is 0 Å².